The Balaban J connectivity index is 2.31. The summed E-state index contributed by atoms with van der Waals surface area (Å²) in [7, 11) is -3.35. The standard InChI is InChI=1S/C14H11NO3S2/c1-20(17,18)15-9-6-7-13-11(8-9)14(16)10-4-2-3-5-12(10)19-13/h2-8,15H,1H3. The van der Waals surface area contributed by atoms with Crippen LogP contribution in [0.4, 0.5) is 5.69 Å². The number of fused-ring (bicyclic) bond motifs is 2. The molecule has 0 aliphatic rings. The summed E-state index contributed by atoms with van der Waals surface area (Å²) >= 11 is 1.51. The lowest BCUT2D eigenvalue weighted by atomic mass is 10.2. The molecule has 0 fully saturated rings. The third kappa shape index (κ3) is 2.39. The van der Waals surface area contributed by atoms with Crippen LogP contribution in [0.15, 0.2) is 47.3 Å². The first-order valence-electron chi connectivity index (χ1n) is 5.87. The van der Waals surface area contributed by atoms with Gasteiger partial charge in [0.15, 0.2) is 5.43 Å². The van der Waals surface area contributed by atoms with Crippen molar-refractivity contribution in [1.29, 1.82) is 0 Å². The van der Waals surface area contributed by atoms with E-state index >= 15 is 0 Å². The van der Waals surface area contributed by atoms with Crippen molar-refractivity contribution in [3.8, 4) is 0 Å². The van der Waals surface area contributed by atoms with E-state index in [0.717, 1.165) is 15.7 Å². The third-order valence-electron chi connectivity index (χ3n) is 2.88. The molecule has 0 bridgehead atoms. The summed E-state index contributed by atoms with van der Waals surface area (Å²) in [6.07, 6.45) is 1.08. The van der Waals surface area contributed by atoms with Gasteiger partial charge in [-0.3, -0.25) is 9.52 Å². The quantitative estimate of drug-likeness (QED) is 0.741. The van der Waals surface area contributed by atoms with Gasteiger partial charge in [-0.1, -0.05) is 12.1 Å². The Hall–Kier alpha value is -1.92. The lowest BCUT2D eigenvalue weighted by molar-refractivity contribution is 0.607. The molecule has 0 aliphatic heterocycles. The monoisotopic (exact) mass is 305 g/mol. The van der Waals surface area contributed by atoms with Gasteiger partial charge in [0, 0.05) is 25.9 Å². The Morgan fingerprint density at radius 3 is 2.45 bits per heavy atom. The largest absolute Gasteiger partial charge is 0.289 e. The van der Waals surface area contributed by atoms with Crippen molar-refractivity contribution in [2.75, 3.05) is 11.0 Å². The summed E-state index contributed by atoms with van der Waals surface area (Å²) in [4.78, 5) is 12.4. The number of sulfonamides is 1. The first kappa shape index (κ1) is 13.1. The van der Waals surface area contributed by atoms with Crippen LogP contribution in [-0.4, -0.2) is 14.7 Å². The SMILES string of the molecule is CS(=O)(=O)Nc1ccc2sc3ccccc3c(=O)c2c1. The van der Waals surface area contributed by atoms with Gasteiger partial charge in [0.25, 0.3) is 0 Å². The number of benzene rings is 2. The summed E-state index contributed by atoms with van der Waals surface area (Å²) in [5.74, 6) is 0. The molecule has 0 saturated carbocycles. The van der Waals surface area contributed by atoms with Crippen LogP contribution in [0.1, 0.15) is 0 Å². The van der Waals surface area contributed by atoms with Crippen molar-refractivity contribution in [3.05, 3.63) is 52.7 Å². The van der Waals surface area contributed by atoms with Crippen LogP contribution in [0.5, 0.6) is 0 Å². The lowest BCUT2D eigenvalue weighted by Gasteiger charge is -2.05. The Kier molecular flexibility index (Phi) is 2.99. The predicted octanol–water partition coefficient (Wildman–Crippen LogP) is 2.79. The first-order chi connectivity index (χ1) is 9.44. The minimum Gasteiger partial charge on any atom is -0.289 e. The summed E-state index contributed by atoms with van der Waals surface area (Å²) in [5, 5.41) is 1.18. The van der Waals surface area contributed by atoms with Crippen molar-refractivity contribution in [1.82, 2.24) is 0 Å². The van der Waals surface area contributed by atoms with E-state index in [1.54, 1.807) is 24.3 Å². The highest BCUT2D eigenvalue weighted by Gasteiger charge is 2.08. The molecule has 1 aromatic heterocycles. The second-order valence-electron chi connectivity index (χ2n) is 4.51. The molecule has 0 amide bonds. The fourth-order valence-corrected chi connectivity index (χ4v) is 3.69. The van der Waals surface area contributed by atoms with E-state index in [2.05, 4.69) is 4.72 Å². The minimum atomic E-state index is -3.35. The molecule has 0 unspecified atom stereocenters. The highest BCUT2D eigenvalue weighted by molar-refractivity contribution is 7.92. The molecule has 0 radical (unpaired) electrons. The van der Waals surface area contributed by atoms with Gasteiger partial charge in [-0.15, -0.1) is 11.3 Å². The van der Waals surface area contributed by atoms with Gasteiger partial charge in [0.05, 0.1) is 6.26 Å². The second kappa shape index (κ2) is 4.57. The summed E-state index contributed by atoms with van der Waals surface area (Å²) in [6, 6.07) is 12.4. The summed E-state index contributed by atoms with van der Waals surface area (Å²) in [6.45, 7) is 0. The van der Waals surface area contributed by atoms with E-state index in [0.29, 0.717) is 16.5 Å². The van der Waals surface area contributed by atoms with Crippen LogP contribution in [-0.2, 0) is 10.0 Å². The van der Waals surface area contributed by atoms with Crippen molar-refractivity contribution in [3.63, 3.8) is 0 Å². The van der Waals surface area contributed by atoms with E-state index < -0.39 is 10.0 Å². The van der Waals surface area contributed by atoms with Gasteiger partial charge >= 0.3 is 0 Å². The van der Waals surface area contributed by atoms with Crippen LogP contribution < -0.4 is 10.2 Å². The fourth-order valence-electron chi connectivity index (χ4n) is 2.08. The summed E-state index contributed by atoms with van der Waals surface area (Å²) in [5.41, 5.74) is 0.325. The molecule has 4 nitrogen and oxygen atoms in total. The topological polar surface area (TPSA) is 63.2 Å². The summed E-state index contributed by atoms with van der Waals surface area (Å²) < 4.78 is 26.6. The Morgan fingerprint density at radius 2 is 1.70 bits per heavy atom. The van der Waals surface area contributed by atoms with Gasteiger partial charge in [0.2, 0.25) is 10.0 Å². The molecule has 0 spiro atoms. The number of nitrogens with one attached hydrogen (secondary N) is 1. The molecule has 1 N–H and O–H groups in total. The van der Waals surface area contributed by atoms with E-state index in [1.165, 1.54) is 11.3 Å². The fraction of sp³-hybridized carbons (Fsp3) is 0.0714. The maximum Gasteiger partial charge on any atom is 0.229 e. The maximum atomic E-state index is 12.4. The molecular formula is C14H11NO3S2. The van der Waals surface area contributed by atoms with E-state index in [4.69, 9.17) is 0 Å². The molecule has 6 heteroatoms. The smallest absolute Gasteiger partial charge is 0.229 e. The number of hydrogen-bond donors (Lipinski definition) is 1. The van der Waals surface area contributed by atoms with E-state index in [-0.39, 0.29) is 5.43 Å². The van der Waals surface area contributed by atoms with Crippen LogP contribution in [0.2, 0.25) is 0 Å². The first-order valence-corrected chi connectivity index (χ1v) is 8.58. The van der Waals surface area contributed by atoms with Gasteiger partial charge in [-0.2, -0.15) is 0 Å². The molecule has 20 heavy (non-hydrogen) atoms. The van der Waals surface area contributed by atoms with Crippen LogP contribution in [0, 0.1) is 0 Å². The average Bonchev–Trinajstić information content (AvgIpc) is 2.38. The van der Waals surface area contributed by atoms with Crippen molar-refractivity contribution < 1.29 is 8.42 Å². The maximum absolute atomic E-state index is 12.4. The molecule has 3 aromatic rings. The number of hydrogen-bond acceptors (Lipinski definition) is 4. The van der Waals surface area contributed by atoms with Crippen LogP contribution in [0.3, 0.4) is 0 Å². The zero-order chi connectivity index (χ0) is 14.3. The average molecular weight is 305 g/mol. The zero-order valence-electron chi connectivity index (χ0n) is 10.6. The van der Waals surface area contributed by atoms with Crippen LogP contribution >= 0.6 is 11.3 Å². The molecule has 2 aromatic carbocycles. The highest BCUT2D eigenvalue weighted by Crippen LogP contribution is 2.26. The van der Waals surface area contributed by atoms with Crippen LogP contribution in [0.25, 0.3) is 20.2 Å². The minimum absolute atomic E-state index is 0.0773. The highest BCUT2D eigenvalue weighted by atomic mass is 32.2. The van der Waals surface area contributed by atoms with Crippen molar-refractivity contribution >= 4 is 47.2 Å². The number of anilines is 1. The second-order valence-corrected chi connectivity index (χ2v) is 7.34. The van der Waals surface area contributed by atoms with E-state index in [1.807, 2.05) is 18.2 Å². The molecule has 3 rings (SSSR count). The van der Waals surface area contributed by atoms with E-state index in [9.17, 15) is 13.2 Å². The van der Waals surface area contributed by atoms with Crippen molar-refractivity contribution in [2.24, 2.45) is 0 Å². The predicted molar refractivity (Wildman–Crippen MR) is 84.1 cm³/mol. The lowest BCUT2D eigenvalue weighted by Crippen LogP contribution is -2.10. The van der Waals surface area contributed by atoms with Gasteiger partial charge in [-0.05, 0) is 30.3 Å². The molecular weight excluding hydrogens is 294 g/mol. The number of rotatable bonds is 2. The van der Waals surface area contributed by atoms with Gasteiger partial charge in [0.1, 0.15) is 0 Å². The molecule has 1 heterocycles. The van der Waals surface area contributed by atoms with Crippen molar-refractivity contribution in [2.45, 2.75) is 0 Å². The van der Waals surface area contributed by atoms with Gasteiger partial charge in [-0.25, -0.2) is 8.42 Å². The Labute approximate surface area is 119 Å². The molecule has 0 saturated heterocycles. The molecule has 0 atom stereocenters. The normalized spacial score (nSPS) is 11.8. The molecule has 0 aliphatic carbocycles. The Bertz CT molecular complexity index is 975. The molecule has 102 valence electrons. The Morgan fingerprint density at radius 1 is 1.00 bits per heavy atom. The third-order valence-corrected chi connectivity index (χ3v) is 4.64. The zero-order valence-corrected chi connectivity index (χ0v) is 12.2. The van der Waals surface area contributed by atoms with Gasteiger partial charge < -0.3 is 0 Å².